The fourth-order valence-electron chi connectivity index (χ4n) is 2.52. The molecule has 0 saturated heterocycles. The fraction of sp³-hybridized carbons (Fsp3) is 0.400. The molecule has 3 rings (SSSR count). The highest BCUT2D eigenvalue weighted by Crippen LogP contribution is 2.35. The number of rotatable bonds is 2. The highest BCUT2D eigenvalue weighted by atomic mass is 16.5. The number of carbonyl (C=O) groups excluding carboxylic acids is 1. The van der Waals surface area contributed by atoms with Crippen LogP contribution in [-0.4, -0.2) is 19.0 Å². The Labute approximate surface area is 106 Å². The third-order valence-corrected chi connectivity index (χ3v) is 3.45. The van der Waals surface area contributed by atoms with Crippen molar-refractivity contribution < 1.29 is 14.3 Å². The molecule has 2 aliphatic rings. The van der Waals surface area contributed by atoms with Gasteiger partial charge in [-0.25, -0.2) is 0 Å². The van der Waals surface area contributed by atoms with E-state index in [4.69, 9.17) is 9.47 Å². The summed E-state index contributed by atoms with van der Waals surface area (Å²) >= 11 is 0. The second kappa shape index (κ2) is 4.84. The largest absolute Gasteiger partial charge is 0.493 e. The van der Waals surface area contributed by atoms with E-state index in [9.17, 15) is 4.79 Å². The summed E-state index contributed by atoms with van der Waals surface area (Å²) < 4.78 is 11.1. The van der Waals surface area contributed by atoms with Gasteiger partial charge in [0, 0.05) is 5.56 Å². The minimum absolute atomic E-state index is 0.102. The van der Waals surface area contributed by atoms with Crippen molar-refractivity contribution in [2.45, 2.75) is 25.2 Å². The van der Waals surface area contributed by atoms with Gasteiger partial charge in [0.25, 0.3) is 0 Å². The van der Waals surface area contributed by atoms with E-state index in [1.165, 1.54) is 0 Å². The second-order valence-electron chi connectivity index (χ2n) is 4.65. The van der Waals surface area contributed by atoms with Crippen molar-refractivity contribution in [2.75, 3.05) is 13.2 Å². The summed E-state index contributed by atoms with van der Waals surface area (Å²) in [7, 11) is 0. The Kier molecular flexibility index (Phi) is 3.05. The molecule has 0 N–H and O–H groups in total. The van der Waals surface area contributed by atoms with E-state index >= 15 is 0 Å². The first kappa shape index (κ1) is 11.3. The smallest absolute Gasteiger partial charge is 0.204 e. The molecule has 0 aromatic heterocycles. The van der Waals surface area contributed by atoms with Crippen molar-refractivity contribution in [1.29, 1.82) is 0 Å². The van der Waals surface area contributed by atoms with Crippen LogP contribution in [0, 0.1) is 0 Å². The van der Waals surface area contributed by atoms with Crippen molar-refractivity contribution in [3.63, 3.8) is 0 Å². The summed E-state index contributed by atoms with van der Waals surface area (Å²) in [6, 6.07) is 7.78. The van der Waals surface area contributed by atoms with Gasteiger partial charge in [-0.05, 0) is 31.4 Å². The van der Waals surface area contributed by atoms with Gasteiger partial charge in [-0.3, -0.25) is 4.79 Å². The normalized spacial score (nSPS) is 22.2. The maximum Gasteiger partial charge on any atom is 0.204 e. The maximum absolute atomic E-state index is 12.5. The second-order valence-corrected chi connectivity index (χ2v) is 4.65. The molecule has 1 aromatic carbocycles. The van der Waals surface area contributed by atoms with Gasteiger partial charge in [0.15, 0.2) is 5.76 Å². The number of fused-ring (bicyclic) bond motifs is 1. The maximum atomic E-state index is 12.5. The summed E-state index contributed by atoms with van der Waals surface area (Å²) in [5.41, 5.74) is 0.990. The Morgan fingerprint density at radius 1 is 1.17 bits per heavy atom. The van der Waals surface area contributed by atoms with E-state index < -0.39 is 0 Å². The molecule has 18 heavy (non-hydrogen) atoms. The van der Waals surface area contributed by atoms with Gasteiger partial charge in [0.1, 0.15) is 5.75 Å². The minimum Gasteiger partial charge on any atom is -0.493 e. The number of allylic oxidation sites excluding steroid dienone is 2. The van der Waals surface area contributed by atoms with Gasteiger partial charge in [0.2, 0.25) is 5.78 Å². The SMILES string of the molecule is O=C(C1=CCCCO1)C1CCOc2ccccc21. The number of para-hydroxylation sites is 1. The molecule has 2 aliphatic heterocycles. The van der Waals surface area contributed by atoms with Crippen molar-refractivity contribution in [3.05, 3.63) is 41.7 Å². The number of ketones is 1. The van der Waals surface area contributed by atoms with Crippen LogP contribution in [0.1, 0.15) is 30.7 Å². The molecule has 0 radical (unpaired) electrons. The number of carbonyl (C=O) groups is 1. The van der Waals surface area contributed by atoms with Gasteiger partial charge < -0.3 is 9.47 Å². The van der Waals surface area contributed by atoms with Crippen molar-refractivity contribution >= 4 is 5.78 Å². The summed E-state index contributed by atoms with van der Waals surface area (Å²) in [5, 5.41) is 0. The van der Waals surface area contributed by atoms with E-state index in [1.807, 2.05) is 30.3 Å². The first-order chi connectivity index (χ1) is 8.86. The van der Waals surface area contributed by atoms with Crippen LogP contribution in [-0.2, 0) is 9.53 Å². The lowest BCUT2D eigenvalue weighted by Crippen LogP contribution is -2.24. The number of hydrogen-bond acceptors (Lipinski definition) is 3. The summed E-state index contributed by atoms with van der Waals surface area (Å²) in [6.45, 7) is 1.25. The van der Waals surface area contributed by atoms with E-state index in [0.29, 0.717) is 19.0 Å². The highest BCUT2D eigenvalue weighted by Gasteiger charge is 2.30. The average molecular weight is 244 g/mol. The van der Waals surface area contributed by atoms with Gasteiger partial charge >= 0.3 is 0 Å². The Morgan fingerprint density at radius 3 is 2.89 bits per heavy atom. The Bertz CT molecular complexity index is 490. The standard InChI is InChI=1S/C15H16O3/c16-15(14-7-3-4-9-17-14)12-8-10-18-13-6-2-1-5-11(12)13/h1-2,5-7,12H,3-4,8-10H2. The third kappa shape index (κ3) is 2.01. The third-order valence-electron chi connectivity index (χ3n) is 3.45. The van der Waals surface area contributed by atoms with Gasteiger partial charge in [-0.1, -0.05) is 18.2 Å². The molecule has 0 aliphatic carbocycles. The van der Waals surface area contributed by atoms with Crippen LogP contribution in [0.15, 0.2) is 36.1 Å². The van der Waals surface area contributed by atoms with E-state index in [2.05, 4.69) is 0 Å². The highest BCUT2D eigenvalue weighted by molar-refractivity contribution is 5.99. The van der Waals surface area contributed by atoms with Crippen LogP contribution < -0.4 is 4.74 Å². The molecule has 0 fully saturated rings. The van der Waals surface area contributed by atoms with E-state index in [0.717, 1.165) is 30.6 Å². The molecule has 0 spiro atoms. The Hall–Kier alpha value is -1.77. The lowest BCUT2D eigenvalue weighted by Gasteiger charge is -2.26. The number of benzene rings is 1. The zero-order valence-corrected chi connectivity index (χ0v) is 10.2. The molecule has 0 bridgehead atoms. The molecule has 3 nitrogen and oxygen atoms in total. The van der Waals surface area contributed by atoms with Crippen LogP contribution in [0.4, 0.5) is 0 Å². The predicted molar refractivity (Wildman–Crippen MR) is 67.6 cm³/mol. The summed E-state index contributed by atoms with van der Waals surface area (Å²) in [6.07, 6.45) is 4.59. The van der Waals surface area contributed by atoms with Crippen LogP contribution in [0.25, 0.3) is 0 Å². The molecule has 2 heterocycles. The molecule has 1 aromatic rings. The van der Waals surface area contributed by atoms with Crippen molar-refractivity contribution in [1.82, 2.24) is 0 Å². The van der Waals surface area contributed by atoms with Crippen LogP contribution in [0.2, 0.25) is 0 Å². The number of ether oxygens (including phenoxy) is 2. The molecular weight excluding hydrogens is 228 g/mol. The zero-order chi connectivity index (χ0) is 12.4. The van der Waals surface area contributed by atoms with Gasteiger partial charge in [-0.15, -0.1) is 0 Å². The summed E-state index contributed by atoms with van der Waals surface area (Å²) in [5.74, 6) is 1.37. The lowest BCUT2D eigenvalue weighted by atomic mass is 9.88. The summed E-state index contributed by atoms with van der Waals surface area (Å²) in [4.78, 5) is 12.5. The van der Waals surface area contributed by atoms with Gasteiger partial charge in [0.05, 0.1) is 19.1 Å². The average Bonchev–Trinajstić information content (AvgIpc) is 2.47. The number of Topliss-reactive ketones (excluding diaryl/α,β-unsaturated/α-hetero) is 1. The first-order valence-corrected chi connectivity index (χ1v) is 6.45. The van der Waals surface area contributed by atoms with E-state index in [-0.39, 0.29) is 11.7 Å². The molecular formula is C15H16O3. The Balaban J connectivity index is 1.89. The monoisotopic (exact) mass is 244 g/mol. The first-order valence-electron chi connectivity index (χ1n) is 6.45. The van der Waals surface area contributed by atoms with E-state index in [1.54, 1.807) is 0 Å². The van der Waals surface area contributed by atoms with Crippen LogP contribution in [0.5, 0.6) is 5.75 Å². The van der Waals surface area contributed by atoms with Gasteiger partial charge in [-0.2, -0.15) is 0 Å². The van der Waals surface area contributed by atoms with Crippen LogP contribution >= 0.6 is 0 Å². The lowest BCUT2D eigenvalue weighted by molar-refractivity contribution is -0.121. The topological polar surface area (TPSA) is 35.5 Å². The molecule has 0 saturated carbocycles. The zero-order valence-electron chi connectivity index (χ0n) is 10.2. The molecule has 3 heteroatoms. The van der Waals surface area contributed by atoms with Crippen molar-refractivity contribution in [2.24, 2.45) is 0 Å². The fourth-order valence-corrected chi connectivity index (χ4v) is 2.52. The van der Waals surface area contributed by atoms with Crippen LogP contribution in [0.3, 0.4) is 0 Å². The molecule has 0 amide bonds. The molecule has 1 unspecified atom stereocenters. The molecule has 94 valence electrons. The number of hydrogen-bond donors (Lipinski definition) is 0. The molecule has 1 atom stereocenters. The minimum atomic E-state index is -0.112. The van der Waals surface area contributed by atoms with Crippen molar-refractivity contribution in [3.8, 4) is 5.75 Å². The predicted octanol–water partition coefficient (Wildman–Crippen LogP) is 2.82. The Morgan fingerprint density at radius 2 is 2.06 bits per heavy atom. The quantitative estimate of drug-likeness (QED) is 0.802.